The topological polar surface area (TPSA) is 0 Å². The van der Waals surface area contributed by atoms with E-state index in [0.29, 0.717) is 5.02 Å². The Morgan fingerprint density at radius 2 is 1.60 bits per heavy atom. The Morgan fingerprint density at radius 3 is 2.20 bits per heavy atom. The molecule has 2 rings (SSSR count). The molecule has 76 valence electrons. The first-order valence-corrected chi connectivity index (χ1v) is 5.23. The van der Waals surface area contributed by atoms with Crippen molar-refractivity contribution < 1.29 is 4.39 Å². The van der Waals surface area contributed by atoms with Crippen LogP contribution in [0.1, 0.15) is 0 Å². The molecule has 0 aliphatic rings. The molecule has 0 fully saturated rings. The fourth-order valence-electron chi connectivity index (χ4n) is 1.37. The van der Waals surface area contributed by atoms with Gasteiger partial charge in [0.1, 0.15) is 5.82 Å². The summed E-state index contributed by atoms with van der Waals surface area (Å²) in [4.78, 5) is 0.876. The summed E-state index contributed by atoms with van der Waals surface area (Å²) in [5, 5.41) is 0.403. The molecular formula is C12H8ClFS. The van der Waals surface area contributed by atoms with Crippen molar-refractivity contribution in [2.24, 2.45) is 0 Å². The maximum absolute atomic E-state index is 13.1. The fourth-order valence-corrected chi connectivity index (χ4v) is 1.75. The Balaban J connectivity index is 2.49. The molecule has 2 aromatic carbocycles. The predicted molar refractivity (Wildman–Crippen MR) is 64.1 cm³/mol. The van der Waals surface area contributed by atoms with Gasteiger partial charge >= 0.3 is 0 Å². The van der Waals surface area contributed by atoms with Crippen LogP contribution in [0.5, 0.6) is 0 Å². The number of hydrogen-bond acceptors (Lipinski definition) is 1. The van der Waals surface area contributed by atoms with Gasteiger partial charge in [-0.3, -0.25) is 0 Å². The van der Waals surface area contributed by atoms with Gasteiger partial charge in [0.25, 0.3) is 0 Å². The summed E-state index contributed by atoms with van der Waals surface area (Å²) in [7, 11) is 0. The van der Waals surface area contributed by atoms with Crippen molar-refractivity contribution in [3.63, 3.8) is 0 Å². The lowest BCUT2D eigenvalue weighted by molar-refractivity contribution is 0.628. The fraction of sp³-hybridized carbons (Fsp3) is 0. The van der Waals surface area contributed by atoms with E-state index in [1.807, 2.05) is 24.3 Å². The Labute approximate surface area is 98.1 Å². The van der Waals surface area contributed by atoms with Gasteiger partial charge in [-0.1, -0.05) is 23.7 Å². The summed E-state index contributed by atoms with van der Waals surface area (Å²) >= 11 is 9.96. The Kier molecular flexibility index (Phi) is 2.98. The van der Waals surface area contributed by atoms with Crippen molar-refractivity contribution >= 4 is 24.2 Å². The lowest BCUT2D eigenvalue weighted by Gasteiger charge is -2.03. The quantitative estimate of drug-likeness (QED) is 0.698. The zero-order valence-electron chi connectivity index (χ0n) is 7.74. The van der Waals surface area contributed by atoms with Gasteiger partial charge in [0.05, 0.1) is 0 Å². The zero-order valence-corrected chi connectivity index (χ0v) is 9.39. The van der Waals surface area contributed by atoms with Crippen LogP contribution in [0, 0.1) is 5.82 Å². The molecular weight excluding hydrogens is 231 g/mol. The molecule has 0 saturated heterocycles. The first-order chi connectivity index (χ1) is 7.15. The maximum Gasteiger partial charge on any atom is 0.125 e. The summed E-state index contributed by atoms with van der Waals surface area (Å²) in [6.45, 7) is 0. The van der Waals surface area contributed by atoms with Crippen LogP contribution in [-0.4, -0.2) is 0 Å². The van der Waals surface area contributed by atoms with Crippen molar-refractivity contribution in [3.05, 3.63) is 53.3 Å². The number of rotatable bonds is 1. The van der Waals surface area contributed by atoms with Crippen LogP contribution in [0.25, 0.3) is 11.1 Å². The minimum Gasteiger partial charge on any atom is -0.207 e. The molecule has 0 N–H and O–H groups in total. The SMILES string of the molecule is Fc1cc(Cl)cc(-c2ccc(S)cc2)c1. The zero-order chi connectivity index (χ0) is 10.8. The standard InChI is InChI=1S/C12H8ClFS/c13-10-5-9(6-11(14)7-10)8-1-3-12(15)4-2-8/h1-7,15H. The molecule has 0 aliphatic heterocycles. The molecule has 0 spiro atoms. The maximum atomic E-state index is 13.1. The van der Waals surface area contributed by atoms with Gasteiger partial charge in [-0.05, 0) is 41.5 Å². The van der Waals surface area contributed by atoms with Gasteiger partial charge in [-0.25, -0.2) is 4.39 Å². The number of halogens is 2. The molecule has 0 atom stereocenters. The average Bonchev–Trinajstić information content (AvgIpc) is 2.17. The number of thiol groups is 1. The molecule has 0 heterocycles. The van der Waals surface area contributed by atoms with Crippen LogP contribution in [0.4, 0.5) is 4.39 Å². The van der Waals surface area contributed by atoms with Gasteiger partial charge in [-0.2, -0.15) is 0 Å². The van der Waals surface area contributed by atoms with Crippen molar-refractivity contribution in [2.45, 2.75) is 4.90 Å². The number of hydrogen-bond donors (Lipinski definition) is 1. The summed E-state index contributed by atoms with van der Waals surface area (Å²) in [5.74, 6) is -0.326. The van der Waals surface area contributed by atoms with Gasteiger partial charge in [0.15, 0.2) is 0 Å². The molecule has 0 aliphatic carbocycles. The molecule has 0 saturated carbocycles. The predicted octanol–water partition coefficient (Wildman–Crippen LogP) is 4.43. The van der Waals surface area contributed by atoms with Crippen molar-refractivity contribution in [2.75, 3.05) is 0 Å². The highest BCUT2D eigenvalue weighted by molar-refractivity contribution is 7.80. The molecule has 2 aromatic rings. The van der Waals surface area contributed by atoms with Gasteiger partial charge in [0, 0.05) is 9.92 Å². The Bertz CT molecular complexity index is 459. The van der Waals surface area contributed by atoms with Crippen LogP contribution in [0.3, 0.4) is 0 Å². The van der Waals surface area contributed by atoms with E-state index in [-0.39, 0.29) is 5.82 Å². The Hall–Kier alpha value is -0.990. The minimum absolute atomic E-state index is 0.326. The van der Waals surface area contributed by atoms with Crippen LogP contribution < -0.4 is 0 Å². The van der Waals surface area contributed by atoms with Gasteiger partial charge in [0.2, 0.25) is 0 Å². The third-order valence-corrected chi connectivity index (χ3v) is 2.58. The third kappa shape index (κ3) is 2.52. The molecule has 3 heteroatoms. The summed E-state index contributed by atoms with van der Waals surface area (Å²) < 4.78 is 13.1. The highest BCUT2D eigenvalue weighted by Crippen LogP contribution is 2.25. The molecule has 0 bridgehead atoms. The lowest BCUT2D eigenvalue weighted by atomic mass is 10.1. The first kappa shape index (κ1) is 10.5. The van der Waals surface area contributed by atoms with Crippen molar-refractivity contribution in [1.29, 1.82) is 0 Å². The van der Waals surface area contributed by atoms with Gasteiger partial charge in [-0.15, -0.1) is 12.6 Å². The van der Waals surface area contributed by atoms with Gasteiger partial charge < -0.3 is 0 Å². The third-order valence-electron chi connectivity index (χ3n) is 2.06. The normalized spacial score (nSPS) is 10.3. The highest BCUT2D eigenvalue weighted by Gasteiger charge is 2.01. The summed E-state index contributed by atoms with van der Waals surface area (Å²) in [6, 6.07) is 12.0. The van der Waals surface area contributed by atoms with Crippen LogP contribution in [-0.2, 0) is 0 Å². The summed E-state index contributed by atoms with van der Waals surface area (Å²) in [6.07, 6.45) is 0. The molecule has 0 nitrogen and oxygen atoms in total. The molecule has 0 aromatic heterocycles. The largest absolute Gasteiger partial charge is 0.207 e. The molecule has 0 radical (unpaired) electrons. The Morgan fingerprint density at radius 1 is 0.933 bits per heavy atom. The highest BCUT2D eigenvalue weighted by atomic mass is 35.5. The number of benzene rings is 2. The smallest absolute Gasteiger partial charge is 0.125 e. The van der Waals surface area contributed by atoms with Crippen molar-refractivity contribution in [3.8, 4) is 11.1 Å². The van der Waals surface area contributed by atoms with E-state index >= 15 is 0 Å². The second-order valence-corrected chi connectivity index (χ2v) is 4.16. The second-order valence-electron chi connectivity index (χ2n) is 3.20. The summed E-state index contributed by atoms with van der Waals surface area (Å²) in [5.41, 5.74) is 1.70. The van der Waals surface area contributed by atoms with E-state index in [4.69, 9.17) is 11.6 Å². The monoisotopic (exact) mass is 238 g/mol. The van der Waals surface area contributed by atoms with Crippen LogP contribution in [0.15, 0.2) is 47.4 Å². The van der Waals surface area contributed by atoms with E-state index in [9.17, 15) is 4.39 Å². The van der Waals surface area contributed by atoms with Crippen LogP contribution >= 0.6 is 24.2 Å². The van der Waals surface area contributed by atoms with Crippen LogP contribution in [0.2, 0.25) is 5.02 Å². The van der Waals surface area contributed by atoms with E-state index in [0.717, 1.165) is 16.0 Å². The average molecular weight is 239 g/mol. The van der Waals surface area contributed by atoms with E-state index < -0.39 is 0 Å². The van der Waals surface area contributed by atoms with Crippen molar-refractivity contribution in [1.82, 2.24) is 0 Å². The second kappa shape index (κ2) is 4.25. The first-order valence-electron chi connectivity index (χ1n) is 4.40. The molecule has 0 amide bonds. The minimum atomic E-state index is -0.326. The van der Waals surface area contributed by atoms with E-state index in [1.165, 1.54) is 12.1 Å². The molecule has 0 unspecified atom stereocenters. The van der Waals surface area contributed by atoms with E-state index in [2.05, 4.69) is 12.6 Å². The molecule has 15 heavy (non-hydrogen) atoms. The lowest BCUT2D eigenvalue weighted by Crippen LogP contribution is -1.80. The van der Waals surface area contributed by atoms with E-state index in [1.54, 1.807) is 6.07 Å².